The van der Waals surface area contributed by atoms with Crippen LogP contribution in [0.25, 0.3) is 0 Å². The summed E-state index contributed by atoms with van der Waals surface area (Å²) in [5.41, 5.74) is -0.202. The molecule has 0 aliphatic carbocycles. The fraction of sp³-hybridized carbons (Fsp3) is 0.167. The Labute approximate surface area is 146 Å². The van der Waals surface area contributed by atoms with Gasteiger partial charge in [0.15, 0.2) is 12.4 Å². The molecule has 0 saturated carbocycles. The summed E-state index contributed by atoms with van der Waals surface area (Å²) < 4.78 is 42.3. The van der Waals surface area contributed by atoms with Crippen molar-refractivity contribution >= 4 is 23.3 Å². The van der Waals surface area contributed by atoms with Crippen LogP contribution in [0.15, 0.2) is 48.5 Å². The lowest BCUT2D eigenvalue weighted by Gasteiger charge is -2.08. The van der Waals surface area contributed by atoms with Crippen LogP contribution in [0.1, 0.15) is 33.2 Å². The third-order valence-electron chi connectivity index (χ3n) is 3.31. The lowest BCUT2D eigenvalue weighted by Crippen LogP contribution is -2.15. The number of esters is 1. The first kappa shape index (κ1) is 19.2. The van der Waals surface area contributed by atoms with Crippen molar-refractivity contribution in [1.29, 1.82) is 0 Å². The number of hydrogen-bond acceptors (Lipinski definition) is 4. The number of hydrogen-bond donors (Lipinski definition) is 1. The van der Waals surface area contributed by atoms with E-state index in [4.69, 9.17) is 4.74 Å². The number of ketones is 1. The summed E-state index contributed by atoms with van der Waals surface area (Å²) in [6.45, 7) is 0.791. The normalized spacial score (nSPS) is 10.9. The number of Topliss-reactive ketones (excluding diaryl/α,β-unsaturated/α-hetero) is 1. The zero-order valence-corrected chi connectivity index (χ0v) is 13.6. The van der Waals surface area contributed by atoms with Crippen LogP contribution in [0.2, 0.25) is 0 Å². The van der Waals surface area contributed by atoms with Gasteiger partial charge in [-0.1, -0.05) is 0 Å². The minimum atomic E-state index is -4.50. The molecule has 136 valence electrons. The van der Waals surface area contributed by atoms with Crippen molar-refractivity contribution in [3.63, 3.8) is 0 Å². The molecular weight excluding hydrogens is 351 g/mol. The van der Waals surface area contributed by atoms with Crippen molar-refractivity contribution in [2.45, 2.75) is 13.1 Å². The summed E-state index contributed by atoms with van der Waals surface area (Å²) in [6, 6.07) is 9.45. The third-order valence-corrected chi connectivity index (χ3v) is 3.31. The molecule has 5 nitrogen and oxygen atoms in total. The molecule has 0 heterocycles. The van der Waals surface area contributed by atoms with Crippen LogP contribution in [-0.4, -0.2) is 24.3 Å². The molecule has 0 saturated heterocycles. The maximum Gasteiger partial charge on any atom is 0.416 e. The Hall–Kier alpha value is -3.16. The van der Waals surface area contributed by atoms with Gasteiger partial charge >= 0.3 is 12.1 Å². The lowest BCUT2D eigenvalue weighted by molar-refractivity contribution is -0.137. The highest BCUT2D eigenvalue weighted by Gasteiger charge is 2.30. The molecule has 0 bridgehead atoms. The number of rotatable bonds is 5. The predicted molar refractivity (Wildman–Crippen MR) is 86.8 cm³/mol. The number of anilines is 1. The molecule has 0 aromatic heterocycles. The van der Waals surface area contributed by atoms with Gasteiger partial charge < -0.3 is 10.1 Å². The molecule has 0 fully saturated rings. The van der Waals surface area contributed by atoms with E-state index in [-0.39, 0.29) is 17.0 Å². The van der Waals surface area contributed by atoms with Crippen molar-refractivity contribution in [2.75, 3.05) is 11.9 Å². The molecule has 2 rings (SSSR count). The zero-order chi connectivity index (χ0) is 19.3. The van der Waals surface area contributed by atoms with Gasteiger partial charge in [0.05, 0.1) is 11.1 Å². The number of carbonyl (C=O) groups is 3. The highest BCUT2D eigenvalue weighted by Crippen LogP contribution is 2.29. The van der Waals surface area contributed by atoms with Crippen LogP contribution < -0.4 is 5.32 Å². The summed E-state index contributed by atoms with van der Waals surface area (Å²) in [5.74, 6) is -1.64. The highest BCUT2D eigenvalue weighted by molar-refractivity contribution is 6.00. The molecule has 0 aliphatic heterocycles. The molecule has 8 heteroatoms. The standard InChI is InChI=1S/C18H14F3NO4/c1-11(23)22-15-8-4-12(5-9-15)16(24)10-26-17(25)13-2-6-14(7-3-13)18(19,20)21/h2-9H,10H2,1H3,(H,22,23). The Bertz CT molecular complexity index is 812. The van der Waals surface area contributed by atoms with Gasteiger partial charge in [-0.3, -0.25) is 9.59 Å². The van der Waals surface area contributed by atoms with E-state index in [1.54, 1.807) is 0 Å². The van der Waals surface area contributed by atoms with Gasteiger partial charge in [0.2, 0.25) is 5.91 Å². The van der Waals surface area contributed by atoms with Crippen molar-refractivity contribution in [3.05, 3.63) is 65.2 Å². The van der Waals surface area contributed by atoms with Gasteiger partial charge in [-0.15, -0.1) is 0 Å². The molecular formula is C18H14F3NO4. The Kier molecular flexibility index (Phi) is 5.76. The molecule has 1 amide bonds. The molecule has 1 N–H and O–H groups in total. The monoisotopic (exact) mass is 365 g/mol. The van der Waals surface area contributed by atoms with Crippen molar-refractivity contribution < 1.29 is 32.3 Å². The molecule has 0 radical (unpaired) electrons. The van der Waals surface area contributed by atoms with E-state index in [9.17, 15) is 27.6 Å². The van der Waals surface area contributed by atoms with Crippen molar-refractivity contribution in [2.24, 2.45) is 0 Å². The molecule has 2 aromatic carbocycles. The summed E-state index contributed by atoms with van der Waals surface area (Å²) in [7, 11) is 0. The lowest BCUT2D eigenvalue weighted by atomic mass is 10.1. The van der Waals surface area contributed by atoms with E-state index in [0.717, 1.165) is 24.3 Å². The summed E-state index contributed by atoms with van der Waals surface area (Å²) in [6.07, 6.45) is -4.50. The number of ether oxygens (including phenoxy) is 1. The van der Waals surface area contributed by atoms with Crippen LogP contribution in [0.5, 0.6) is 0 Å². The van der Waals surface area contributed by atoms with Crippen LogP contribution in [-0.2, 0) is 15.7 Å². The molecule has 0 atom stereocenters. The summed E-state index contributed by atoms with van der Waals surface area (Å²) >= 11 is 0. The SMILES string of the molecule is CC(=O)Nc1ccc(C(=O)COC(=O)c2ccc(C(F)(F)F)cc2)cc1. The molecule has 0 unspecified atom stereocenters. The van der Waals surface area contributed by atoms with Crippen LogP contribution in [0.4, 0.5) is 18.9 Å². The number of benzene rings is 2. The smallest absolute Gasteiger partial charge is 0.416 e. The van der Waals surface area contributed by atoms with E-state index in [2.05, 4.69) is 5.32 Å². The topological polar surface area (TPSA) is 72.5 Å². The second kappa shape index (κ2) is 7.81. The maximum absolute atomic E-state index is 12.5. The van der Waals surface area contributed by atoms with E-state index in [1.165, 1.54) is 31.2 Å². The van der Waals surface area contributed by atoms with Gasteiger partial charge in [-0.2, -0.15) is 13.2 Å². The summed E-state index contributed by atoms with van der Waals surface area (Å²) in [4.78, 5) is 34.7. The molecule has 2 aromatic rings. The largest absolute Gasteiger partial charge is 0.454 e. The minimum Gasteiger partial charge on any atom is -0.454 e. The third kappa shape index (κ3) is 5.17. The second-order valence-corrected chi connectivity index (χ2v) is 5.33. The van der Waals surface area contributed by atoms with E-state index in [1.807, 2.05) is 0 Å². The van der Waals surface area contributed by atoms with Gasteiger partial charge in [0.25, 0.3) is 0 Å². The van der Waals surface area contributed by atoms with Gasteiger partial charge in [0, 0.05) is 18.2 Å². The van der Waals surface area contributed by atoms with E-state index in [0.29, 0.717) is 5.69 Å². The van der Waals surface area contributed by atoms with Crippen molar-refractivity contribution in [1.82, 2.24) is 0 Å². The first-order valence-electron chi connectivity index (χ1n) is 7.42. The molecule has 26 heavy (non-hydrogen) atoms. The second-order valence-electron chi connectivity index (χ2n) is 5.33. The molecule has 0 aliphatic rings. The maximum atomic E-state index is 12.5. The number of alkyl halides is 3. The highest BCUT2D eigenvalue weighted by atomic mass is 19.4. The van der Waals surface area contributed by atoms with Gasteiger partial charge in [-0.05, 0) is 48.5 Å². The average Bonchev–Trinajstić information content (AvgIpc) is 2.59. The van der Waals surface area contributed by atoms with Gasteiger partial charge in [0.1, 0.15) is 0 Å². The van der Waals surface area contributed by atoms with Crippen LogP contribution >= 0.6 is 0 Å². The first-order valence-corrected chi connectivity index (χ1v) is 7.42. The first-order chi connectivity index (χ1) is 12.2. The predicted octanol–water partition coefficient (Wildman–Crippen LogP) is 3.70. The fourth-order valence-electron chi connectivity index (χ4n) is 2.04. The van der Waals surface area contributed by atoms with E-state index >= 15 is 0 Å². The average molecular weight is 365 g/mol. The van der Waals surface area contributed by atoms with Crippen LogP contribution in [0.3, 0.4) is 0 Å². The minimum absolute atomic E-state index is 0.0909. The van der Waals surface area contributed by atoms with Gasteiger partial charge in [-0.25, -0.2) is 4.79 Å². The fourth-order valence-corrected chi connectivity index (χ4v) is 2.04. The Morgan fingerprint density at radius 1 is 0.923 bits per heavy atom. The Balaban J connectivity index is 1.94. The Morgan fingerprint density at radius 3 is 1.96 bits per heavy atom. The Morgan fingerprint density at radius 2 is 1.46 bits per heavy atom. The van der Waals surface area contributed by atoms with Crippen molar-refractivity contribution in [3.8, 4) is 0 Å². The van der Waals surface area contributed by atoms with Crippen LogP contribution in [0, 0.1) is 0 Å². The zero-order valence-electron chi connectivity index (χ0n) is 13.6. The number of halogens is 3. The van der Waals surface area contributed by atoms with E-state index < -0.39 is 30.1 Å². The molecule has 0 spiro atoms. The number of amides is 1. The number of nitrogens with one attached hydrogen (secondary N) is 1. The number of carbonyl (C=O) groups excluding carboxylic acids is 3. The summed E-state index contributed by atoms with van der Waals surface area (Å²) in [5, 5.41) is 2.54. The quantitative estimate of drug-likeness (QED) is 0.648.